The number of carbonyl (C=O) groups excluding carboxylic acids is 1. The standard InChI is InChI=1S/C17H28NO2/c1-12(2)15-9-8-14(5)16(10-15)20-17(19)11-18(6,7)13(3)4/h8-10,12-13H,11H2,1-7H3/q+1. The van der Waals surface area contributed by atoms with Crippen molar-refractivity contribution in [3.05, 3.63) is 29.3 Å². The van der Waals surface area contributed by atoms with E-state index in [1.165, 1.54) is 5.56 Å². The number of likely N-dealkylation sites (N-methyl/N-ethyl adjacent to an activating group) is 1. The highest BCUT2D eigenvalue weighted by Gasteiger charge is 2.25. The molecule has 3 nitrogen and oxygen atoms in total. The monoisotopic (exact) mass is 278 g/mol. The fourth-order valence-electron chi connectivity index (χ4n) is 1.76. The number of rotatable bonds is 5. The van der Waals surface area contributed by atoms with Gasteiger partial charge in [-0.25, -0.2) is 4.79 Å². The third-order valence-corrected chi connectivity index (χ3v) is 4.04. The molecule has 20 heavy (non-hydrogen) atoms. The number of esters is 1. The number of nitrogens with zero attached hydrogens (tertiary/aromatic N) is 1. The van der Waals surface area contributed by atoms with Crippen molar-refractivity contribution in [2.45, 2.75) is 46.6 Å². The molecule has 0 aromatic heterocycles. The molecule has 0 saturated carbocycles. The first-order valence-corrected chi connectivity index (χ1v) is 7.27. The summed E-state index contributed by atoms with van der Waals surface area (Å²) < 4.78 is 6.19. The molecule has 0 N–H and O–H groups in total. The lowest BCUT2D eigenvalue weighted by atomic mass is 10.0. The van der Waals surface area contributed by atoms with Crippen molar-refractivity contribution in [1.82, 2.24) is 0 Å². The number of hydrogen-bond acceptors (Lipinski definition) is 2. The van der Waals surface area contributed by atoms with E-state index in [0.717, 1.165) is 5.56 Å². The number of benzene rings is 1. The molecule has 112 valence electrons. The molecular weight excluding hydrogens is 250 g/mol. The van der Waals surface area contributed by atoms with E-state index < -0.39 is 0 Å². The zero-order valence-corrected chi connectivity index (χ0v) is 13.9. The highest BCUT2D eigenvalue weighted by Crippen LogP contribution is 2.24. The maximum atomic E-state index is 12.1. The number of quaternary nitrogens is 1. The van der Waals surface area contributed by atoms with Gasteiger partial charge in [0.25, 0.3) is 0 Å². The van der Waals surface area contributed by atoms with Gasteiger partial charge in [-0.05, 0) is 43.9 Å². The summed E-state index contributed by atoms with van der Waals surface area (Å²) in [5.74, 6) is 0.939. The fourth-order valence-corrected chi connectivity index (χ4v) is 1.76. The molecule has 0 spiro atoms. The van der Waals surface area contributed by atoms with Crippen LogP contribution in [0.1, 0.15) is 44.7 Å². The van der Waals surface area contributed by atoms with Gasteiger partial charge < -0.3 is 9.22 Å². The molecule has 0 unspecified atom stereocenters. The molecule has 0 aliphatic carbocycles. The van der Waals surface area contributed by atoms with E-state index in [-0.39, 0.29) is 5.97 Å². The van der Waals surface area contributed by atoms with Crippen LogP contribution in [0.15, 0.2) is 18.2 Å². The van der Waals surface area contributed by atoms with Crippen molar-refractivity contribution < 1.29 is 14.0 Å². The van der Waals surface area contributed by atoms with Gasteiger partial charge in [0.05, 0.1) is 20.1 Å². The molecule has 0 radical (unpaired) electrons. The van der Waals surface area contributed by atoms with Crippen molar-refractivity contribution in [3.63, 3.8) is 0 Å². The van der Waals surface area contributed by atoms with Gasteiger partial charge in [0.1, 0.15) is 5.75 Å². The summed E-state index contributed by atoms with van der Waals surface area (Å²) in [4.78, 5) is 12.1. The Morgan fingerprint density at radius 1 is 1.20 bits per heavy atom. The van der Waals surface area contributed by atoms with Crippen LogP contribution >= 0.6 is 0 Å². The summed E-state index contributed by atoms with van der Waals surface area (Å²) in [6, 6.07) is 6.46. The van der Waals surface area contributed by atoms with Gasteiger partial charge in [-0.15, -0.1) is 0 Å². The van der Waals surface area contributed by atoms with E-state index in [1.54, 1.807) is 0 Å². The smallest absolute Gasteiger partial charge is 0.367 e. The SMILES string of the molecule is Cc1ccc(C(C)C)cc1OC(=O)C[N+](C)(C)C(C)C. The van der Waals surface area contributed by atoms with Crippen molar-refractivity contribution in [1.29, 1.82) is 0 Å². The normalized spacial score (nSPS) is 12.1. The molecule has 0 atom stereocenters. The van der Waals surface area contributed by atoms with Crippen LogP contribution in [0.2, 0.25) is 0 Å². The van der Waals surface area contributed by atoms with Crippen molar-refractivity contribution in [2.75, 3.05) is 20.6 Å². The molecule has 1 rings (SSSR count). The van der Waals surface area contributed by atoms with Crippen LogP contribution in [-0.4, -0.2) is 37.1 Å². The zero-order valence-electron chi connectivity index (χ0n) is 13.9. The van der Waals surface area contributed by atoms with Crippen LogP contribution in [0.4, 0.5) is 0 Å². The molecule has 0 bridgehead atoms. The second-order valence-corrected chi connectivity index (χ2v) is 6.68. The summed E-state index contributed by atoms with van der Waals surface area (Å²) in [5, 5.41) is 0. The third-order valence-electron chi connectivity index (χ3n) is 4.04. The molecule has 1 aromatic carbocycles. The van der Waals surface area contributed by atoms with Crippen LogP contribution in [0, 0.1) is 6.92 Å². The van der Waals surface area contributed by atoms with E-state index in [0.29, 0.717) is 28.7 Å². The van der Waals surface area contributed by atoms with Gasteiger partial charge in [-0.1, -0.05) is 26.0 Å². The first-order chi connectivity index (χ1) is 9.13. The molecule has 1 aromatic rings. The first-order valence-electron chi connectivity index (χ1n) is 7.27. The zero-order chi connectivity index (χ0) is 15.5. The maximum absolute atomic E-state index is 12.1. The minimum atomic E-state index is -0.173. The Balaban J connectivity index is 2.83. The summed E-state index contributed by atoms with van der Waals surface area (Å²) >= 11 is 0. The summed E-state index contributed by atoms with van der Waals surface area (Å²) in [7, 11) is 4.09. The Kier molecular flexibility index (Phi) is 5.35. The minimum Gasteiger partial charge on any atom is -0.422 e. The largest absolute Gasteiger partial charge is 0.422 e. The average molecular weight is 278 g/mol. The Morgan fingerprint density at radius 2 is 1.80 bits per heavy atom. The maximum Gasteiger partial charge on any atom is 0.367 e. The van der Waals surface area contributed by atoms with Crippen molar-refractivity contribution in [2.24, 2.45) is 0 Å². The molecule has 0 amide bonds. The van der Waals surface area contributed by atoms with Gasteiger partial charge in [0.2, 0.25) is 0 Å². The summed E-state index contributed by atoms with van der Waals surface area (Å²) in [6.45, 7) is 10.8. The lowest BCUT2D eigenvalue weighted by molar-refractivity contribution is -0.904. The van der Waals surface area contributed by atoms with Gasteiger partial charge in [0.15, 0.2) is 6.54 Å². The van der Waals surface area contributed by atoms with Crippen LogP contribution in [-0.2, 0) is 4.79 Å². The number of hydrogen-bond donors (Lipinski definition) is 0. The summed E-state index contributed by atoms with van der Waals surface area (Å²) in [6.07, 6.45) is 0. The molecule has 0 aliphatic rings. The Hall–Kier alpha value is -1.35. The highest BCUT2D eigenvalue weighted by molar-refractivity contribution is 5.74. The van der Waals surface area contributed by atoms with Gasteiger partial charge in [-0.3, -0.25) is 0 Å². The molecule has 0 fully saturated rings. The lowest BCUT2D eigenvalue weighted by Crippen LogP contribution is -2.50. The molecule has 0 heterocycles. The number of carbonyl (C=O) groups is 1. The number of aryl methyl sites for hydroxylation is 1. The number of ether oxygens (including phenoxy) is 1. The molecule has 0 aliphatic heterocycles. The topological polar surface area (TPSA) is 26.3 Å². The van der Waals surface area contributed by atoms with E-state index in [4.69, 9.17) is 4.74 Å². The van der Waals surface area contributed by atoms with Crippen LogP contribution in [0.3, 0.4) is 0 Å². The van der Waals surface area contributed by atoms with E-state index >= 15 is 0 Å². The van der Waals surface area contributed by atoms with E-state index in [9.17, 15) is 4.79 Å². The predicted molar refractivity (Wildman–Crippen MR) is 83.0 cm³/mol. The van der Waals surface area contributed by atoms with E-state index in [1.807, 2.05) is 33.2 Å². The Labute approximate surface area is 123 Å². The second kappa shape index (κ2) is 6.40. The lowest BCUT2D eigenvalue weighted by Gasteiger charge is -2.32. The van der Waals surface area contributed by atoms with Gasteiger partial charge in [-0.2, -0.15) is 0 Å². The molecule has 0 saturated heterocycles. The highest BCUT2D eigenvalue weighted by atomic mass is 16.5. The summed E-state index contributed by atoms with van der Waals surface area (Å²) in [5.41, 5.74) is 2.19. The minimum absolute atomic E-state index is 0.173. The molecular formula is C17H28NO2+. The van der Waals surface area contributed by atoms with E-state index in [2.05, 4.69) is 33.8 Å². The molecule has 3 heteroatoms. The van der Waals surface area contributed by atoms with Crippen LogP contribution in [0.5, 0.6) is 5.75 Å². The van der Waals surface area contributed by atoms with Crippen LogP contribution in [0.25, 0.3) is 0 Å². The van der Waals surface area contributed by atoms with Gasteiger partial charge in [0, 0.05) is 0 Å². The fraction of sp³-hybridized carbons (Fsp3) is 0.588. The van der Waals surface area contributed by atoms with Crippen molar-refractivity contribution in [3.8, 4) is 5.75 Å². The first kappa shape index (κ1) is 16.7. The van der Waals surface area contributed by atoms with Crippen molar-refractivity contribution >= 4 is 5.97 Å². The predicted octanol–water partition coefficient (Wildman–Crippen LogP) is 3.51. The Morgan fingerprint density at radius 3 is 2.30 bits per heavy atom. The average Bonchev–Trinajstić information content (AvgIpc) is 2.30. The van der Waals surface area contributed by atoms with Crippen LogP contribution < -0.4 is 4.74 Å². The quantitative estimate of drug-likeness (QED) is 0.468. The Bertz CT molecular complexity index is 476. The second-order valence-electron chi connectivity index (χ2n) is 6.68. The third kappa shape index (κ3) is 4.34. The van der Waals surface area contributed by atoms with Gasteiger partial charge >= 0.3 is 5.97 Å².